The van der Waals surface area contributed by atoms with Crippen molar-refractivity contribution in [2.75, 3.05) is 19.6 Å². The molecule has 0 unspecified atom stereocenters. The van der Waals surface area contributed by atoms with Gasteiger partial charge in [-0.05, 0) is 38.2 Å². The van der Waals surface area contributed by atoms with E-state index in [1.54, 1.807) is 0 Å². The van der Waals surface area contributed by atoms with Gasteiger partial charge in [0.15, 0.2) is 0 Å². The number of hydrogen-bond acceptors (Lipinski definition) is 6. The van der Waals surface area contributed by atoms with Crippen molar-refractivity contribution >= 4 is 21.6 Å². The average Bonchev–Trinajstić information content (AvgIpc) is 2.52. The molecule has 0 aliphatic carbocycles. The number of amides is 1. The number of piperidine rings is 1. The van der Waals surface area contributed by atoms with E-state index in [0.29, 0.717) is 18.4 Å². The van der Waals surface area contributed by atoms with Gasteiger partial charge < -0.3 is 10.2 Å². The number of sulfonamides is 1. The van der Waals surface area contributed by atoms with Crippen LogP contribution in [0, 0.1) is 28.9 Å². The van der Waals surface area contributed by atoms with Gasteiger partial charge in [-0.15, -0.1) is 0 Å². The summed E-state index contributed by atoms with van der Waals surface area (Å²) >= 11 is 0. The van der Waals surface area contributed by atoms with Crippen LogP contribution < -0.4 is 10.5 Å². The Labute approximate surface area is 165 Å². The normalized spacial score (nSPS) is 21.9. The fraction of sp³-hybridized carbons (Fsp3) is 0.611. The van der Waals surface area contributed by atoms with Crippen molar-refractivity contribution in [1.82, 2.24) is 10.2 Å². The lowest BCUT2D eigenvalue weighted by Gasteiger charge is -2.36. The maximum absolute atomic E-state index is 12.7. The molecule has 1 fully saturated rings. The fourth-order valence-electron chi connectivity index (χ4n) is 3.94. The van der Waals surface area contributed by atoms with Crippen LogP contribution in [0.25, 0.3) is 0 Å². The molecule has 2 rings (SSSR count). The summed E-state index contributed by atoms with van der Waals surface area (Å²) in [6.07, 6.45) is 1.18. The van der Waals surface area contributed by atoms with E-state index in [9.17, 15) is 23.3 Å². The molecule has 0 bridgehead atoms. The van der Waals surface area contributed by atoms with Crippen molar-refractivity contribution in [1.29, 1.82) is 0 Å². The molecule has 10 heteroatoms. The van der Waals surface area contributed by atoms with Crippen LogP contribution in [0.15, 0.2) is 17.0 Å². The highest BCUT2D eigenvalue weighted by Gasteiger charge is 2.26. The highest BCUT2D eigenvalue weighted by molar-refractivity contribution is 7.89. The van der Waals surface area contributed by atoms with Crippen LogP contribution in [0.1, 0.15) is 43.1 Å². The third-order valence-corrected chi connectivity index (χ3v) is 5.87. The summed E-state index contributed by atoms with van der Waals surface area (Å²) in [5.74, 6) is 0.614. The second-order valence-corrected chi connectivity index (χ2v) is 9.52. The van der Waals surface area contributed by atoms with E-state index in [1.807, 2.05) is 6.92 Å². The Morgan fingerprint density at radius 1 is 1.36 bits per heavy atom. The van der Waals surface area contributed by atoms with Gasteiger partial charge in [0.1, 0.15) is 0 Å². The third kappa shape index (κ3) is 5.49. The van der Waals surface area contributed by atoms with Gasteiger partial charge in [-0.1, -0.05) is 13.8 Å². The molecule has 0 radical (unpaired) electrons. The monoisotopic (exact) mass is 412 g/mol. The number of rotatable bonds is 6. The van der Waals surface area contributed by atoms with E-state index in [4.69, 9.17) is 5.14 Å². The molecule has 3 atom stereocenters. The van der Waals surface area contributed by atoms with E-state index in [-0.39, 0.29) is 17.2 Å². The van der Waals surface area contributed by atoms with Crippen LogP contribution in [-0.2, 0) is 10.0 Å². The van der Waals surface area contributed by atoms with Gasteiger partial charge >= 0.3 is 0 Å². The second kappa shape index (κ2) is 8.54. The first-order valence-electron chi connectivity index (χ1n) is 9.23. The summed E-state index contributed by atoms with van der Waals surface area (Å²) in [5, 5.41) is 19.2. The van der Waals surface area contributed by atoms with Crippen LogP contribution in [0.2, 0.25) is 0 Å². The van der Waals surface area contributed by atoms with E-state index < -0.39 is 31.4 Å². The molecule has 0 spiro atoms. The third-order valence-electron chi connectivity index (χ3n) is 4.98. The van der Waals surface area contributed by atoms with Gasteiger partial charge in [-0.2, -0.15) is 0 Å². The first-order chi connectivity index (χ1) is 12.9. The maximum atomic E-state index is 12.7. The van der Waals surface area contributed by atoms with Crippen molar-refractivity contribution in [2.45, 2.75) is 45.1 Å². The minimum atomic E-state index is -4.19. The van der Waals surface area contributed by atoms with Gasteiger partial charge in [0.05, 0.1) is 15.4 Å². The first-order valence-corrected chi connectivity index (χ1v) is 10.8. The summed E-state index contributed by atoms with van der Waals surface area (Å²) in [6.45, 7) is 10.2. The lowest BCUT2D eigenvalue weighted by Crippen LogP contribution is -2.47. The van der Waals surface area contributed by atoms with Crippen LogP contribution in [0.4, 0.5) is 5.69 Å². The molecule has 1 amide bonds. The summed E-state index contributed by atoms with van der Waals surface area (Å²) in [7, 11) is -4.19. The SMILES string of the molecule is Cc1c(C(=O)N[C@H](C)CN2C[C@@H](C)C[C@H](C)C2)cc(S(N)(=O)=O)cc1[N+](=O)[O-]. The lowest BCUT2D eigenvalue weighted by molar-refractivity contribution is -0.385. The Morgan fingerprint density at radius 3 is 2.43 bits per heavy atom. The molecule has 0 saturated carbocycles. The first kappa shape index (κ1) is 22.3. The number of benzene rings is 1. The van der Waals surface area contributed by atoms with E-state index in [2.05, 4.69) is 24.1 Å². The summed E-state index contributed by atoms with van der Waals surface area (Å²) in [6, 6.07) is 1.76. The number of nitro benzene ring substituents is 1. The van der Waals surface area contributed by atoms with Gasteiger partial charge in [0.2, 0.25) is 10.0 Å². The van der Waals surface area contributed by atoms with Gasteiger partial charge in [0.25, 0.3) is 11.6 Å². The zero-order valence-corrected chi connectivity index (χ0v) is 17.5. The fourth-order valence-corrected chi connectivity index (χ4v) is 4.50. The summed E-state index contributed by atoms with van der Waals surface area (Å²) in [4.78, 5) is 25.1. The molecule has 1 aromatic rings. The largest absolute Gasteiger partial charge is 0.348 e. The highest BCUT2D eigenvalue weighted by atomic mass is 32.2. The van der Waals surface area contributed by atoms with Crippen LogP contribution in [0.5, 0.6) is 0 Å². The second-order valence-electron chi connectivity index (χ2n) is 7.96. The molecule has 28 heavy (non-hydrogen) atoms. The number of nitro groups is 1. The lowest BCUT2D eigenvalue weighted by atomic mass is 9.91. The van der Waals surface area contributed by atoms with Gasteiger partial charge in [0, 0.05) is 37.3 Å². The van der Waals surface area contributed by atoms with Crippen LogP contribution >= 0.6 is 0 Å². The predicted octanol–water partition coefficient (Wildman–Crippen LogP) is 1.65. The Kier molecular flexibility index (Phi) is 6.79. The molecule has 1 aliphatic rings. The number of nitrogens with one attached hydrogen (secondary N) is 1. The molecule has 9 nitrogen and oxygen atoms in total. The molecule has 1 aromatic carbocycles. The van der Waals surface area contributed by atoms with E-state index in [1.165, 1.54) is 13.3 Å². The number of primary sulfonamides is 1. The Balaban J connectivity index is 2.21. The highest BCUT2D eigenvalue weighted by Crippen LogP contribution is 2.26. The van der Waals surface area contributed by atoms with Crippen molar-refractivity contribution in [3.05, 3.63) is 33.4 Å². The summed E-state index contributed by atoms with van der Waals surface area (Å²) in [5.41, 5.74) is -0.421. The van der Waals surface area contributed by atoms with E-state index in [0.717, 1.165) is 25.2 Å². The van der Waals surface area contributed by atoms with Crippen molar-refractivity contribution in [2.24, 2.45) is 17.0 Å². The molecule has 1 saturated heterocycles. The zero-order chi connectivity index (χ0) is 21.2. The number of likely N-dealkylation sites (tertiary alicyclic amines) is 1. The van der Waals surface area contributed by atoms with Crippen LogP contribution in [0.3, 0.4) is 0 Å². The number of nitrogens with zero attached hydrogens (tertiary/aromatic N) is 2. The van der Waals surface area contributed by atoms with Gasteiger partial charge in [-0.3, -0.25) is 14.9 Å². The minimum absolute atomic E-state index is 0.0644. The topological polar surface area (TPSA) is 136 Å². The quantitative estimate of drug-likeness (QED) is 0.538. The molecule has 3 N–H and O–H groups in total. The molecule has 156 valence electrons. The Hall–Kier alpha value is -2.04. The predicted molar refractivity (Wildman–Crippen MR) is 106 cm³/mol. The Bertz CT molecular complexity index is 861. The number of carbonyl (C=O) groups excluding carboxylic acids is 1. The summed E-state index contributed by atoms with van der Waals surface area (Å²) < 4.78 is 23.3. The molecule has 1 aliphatic heterocycles. The molecule has 1 heterocycles. The molecular weight excluding hydrogens is 384 g/mol. The van der Waals surface area contributed by atoms with Gasteiger partial charge in [-0.25, -0.2) is 13.6 Å². The molecular formula is C18H28N4O5S. The van der Waals surface area contributed by atoms with E-state index >= 15 is 0 Å². The maximum Gasteiger partial charge on any atom is 0.274 e. The van der Waals surface area contributed by atoms with Crippen molar-refractivity contribution in [3.63, 3.8) is 0 Å². The Morgan fingerprint density at radius 2 is 1.93 bits per heavy atom. The molecule has 0 aromatic heterocycles. The smallest absolute Gasteiger partial charge is 0.274 e. The standard InChI is InChI=1S/C18H28N4O5S/c1-11-5-12(2)9-21(8-11)10-13(3)20-18(23)16-6-15(28(19,26)27)7-17(14(16)4)22(24)25/h6-7,11-13H,5,8-10H2,1-4H3,(H,20,23)(H2,19,26,27)/t11-,12-,13+/m0/s1. The number of hydrogen-bond donors (Lipinski definition) is 2. The number of carbonyl (C=O) groups is 1. The zero-order valence-electron chi connectivity index (χ0n) is 16.6. The number of nitrogens with two attached hydrogens (primary N) is 1. The van der Waals surface area contributed by atoms with Crippen molar-refractivity contribution < 1.29 is 18.1 Å². The van der Waals surface area contributed by atoms with Crippen LogP contribution in [-0.4, -0.2) is 49.8 Å². The minimum Gasteiger partial charge on any atom is -0.348 e. The average molecular weight is 413 g/mol. The van der Waals surface area contributed by atoms with Crippen molar-refractivity contribution in [3.8, 4) is 0 Å².